The molecule has 0 spiro atoms. The minimum absolute atomic E-state index is 0.0780. The average molecular weight is 292 g/mol. The van der Waals surface area contributed by atoms with Gasteiger partial charge >= 0.3 is 0 Å². The summed E-state index contributed by atoms with van der Waals surface area (Å²) in [6.07, 6.45) is 5.65. The van der Waals surface area contributed by atoms with Gasteiger partial charge in [-0.25, -0.2) is 0 Å². The van der Waals surface area contributed by atoms with Crippen molar-refractivity contribution in [2.45, 2.75) is 65.1 Å². The Morgan fingerprint density at radius 3 is 2.86 bits per heavy atom. The highest BCUT2D eigenvalue weighted by atomic mass is 16.5. The number of aromatic nitrogens is 1. The van der Waals surface area contributed by atoms with Crippen LogP contribution in [0.1, 0.15) is 51.3 Å². The van der Waals surface area contributed by atoms with Crippen molar-refractivity contribution in [2.75, 3.05) is 13.2 Å². The molecule has 1 aromatic rings. The SMILES string of the molecule is Cc1cc(OCC2CCCCO2)c(CNC(C)(C)C)cn1. The Kier molecular flexibility index (Phi) is 5.59. The van der Waals surface area contributed by atoms with Gasteiger partial charge in [-0.2, -0.15) is 0 Å². The first-order valence-corrected chi connectivity index (χ1v) is 7.89. The lowest BCUT2D eigenvalue weighted by Gasteiger charge is -2.24. The number of hydrogen-bond donors (Lipinski definition) is 1. The number of aryl methyl sites for hydroxylation is 1. The van der Waals surface area contributed by atoms with Crippen LogP contribution in [0.15, 0.2) is 12.3 Å². The summed E-state index contributed by atoms with van der Waals surface area (Å²) in [5.41, 5.74) is 2.16. The molecule has 1 saturated heterocycles. The molecular formula is C17H28N2O2. The second-order valence-electron chi connectivity index (χ2n) is 6.84. The largest absolute Gasteiger partial charge is 0.490 e. The Labute approximate surface area is 128 Å². The van der Waals surface area contributed by atoms with E-state index in [1.165, 1.54) is 12.8 Å². The van der Waals surface area contributed by atoms with Crippen LogP contribution in [0.25, 0.3) is 0 Å². The lowest BCUT2D eigenvalue weighted by Crippen LogP contribution is -2.35. The van der Waals surface area contributed by atoms with E-state index in [-0.39, 0.29) is 11.6 Å². The van der Waals surface area contributed by atoms with E-state index in [1.807, 2.05) is 19.2 Å². The molecule has 1 fully saturated rings. The monoisotopic (exact) mass is 292 g/mol. The number of rotatable bonds is 5. The van der Waals surface area contributed by atoms with Crippen LogP contribution in [-0.4, -0.2) is 29.8 Å². The first-order chi connectivity index (χ1) is 9.94. The quantitative estimate of drug-likeness (QED) is 0.905. The highest BCUT2D eigenvalue weighted by Gasteiger charge is 2.16. The minimum atomic E-state index is 0.0780. The van der Waals surface area contributed by atoms with Gasteiger partial charge in [0, 0.05) is 42.2 Å². The molecule has 118 valence electrons. The van der Waals surface area contributed by atoms with Crippen LogP contribution in [-0.2, 0) is 11.3 Å². The van der Waals surface area contributed by atoms with E-state index in [0.717, 1.165) is 36.6 Å². The zero-order chi connectivity index (χ0) is 15.3. The minimum Gasteiger partial charge on any atom is -0.490 e. The molecule has 1 atom stereocenters. The van der Waals surface area contributed by atoms with Gasteiger partial charge < -0.3 is 14.8 Å². The third-order valence-electron chi connectivity index (χ3n) is 3.59. The molecular weight excluding hydrogens is 264 g/mol. The predicted octanol–water partition coefficient (Wildman–Crippen LogP) is 3.23. The molecule has 0 aromatic carbocycles. The molecule has 0 radical (unpaired) electrons. The van der Waals surface area contributed by atoms with Crippen molar-refractivity contribution in [1.29, 1.82) is 0 Å². The fourth-order valence-corrected chi connectivity index (χ4v) is 2.31. The molecule has 1 aliphatic rings. The van der Waals surface area contributed by atoms with Crippen LogP contribution in [0.2, 0.25) is 0 Å². The predicted molar refractivity (Wildman–Crippen MR) is 84.7 cm³/mol. The standard InChI is InChI=1S/C17H28N2O2/c1-13-9-16(21-12-15-7-5-6-8-20-15)14(10-18-13)11-19-17(2,3)4/h9-10,15,19H,5-8,11-12H2,1-4H3. The van der Waals surface area contributed by atoms with Crippen molar-refractivity contribution >= 4 is 0 Å². The highest BCUT2D eigenvalue weighted by Crippen LogP contribution is 2.21. The first-order valence-electron chi connectivity index (χ1n) is 7.89. The van der Waals surface area contributed by atoms with Gasteiger partial charge in [0.1, 0.15) is 12.4 Å². The average Bonchev–Trinajstić information content (AvgIpc) is 2.44. The first kappa shape index (κ1) is 16.2. The maximum atomic E-state index is 6.02. The van der Waals surface area contributed by atoms with E-state index in [4.69, 9.17) is 9.47 Å². The van der Waals surface area contributed by atoms with Crippen LogP contribution >= 0.6 is 0 Å². The van der Waals surface area contributed by atoms with Gasteiger partial charge in [-0.1, -0.05) is 0 Å². The summed E-state index contributed by atoms with van der Waals surface area (Å²) >= 11 is 0. The zero-order valence-electron chi connectivity index (χ0n) is 13.7. The lowest BCUT2D eigenvalue weighted by atomic mass is 10.1. The summed E-state index contributed by atoms with van der Waals surface area (Å²) in [5.74, 6) is 0.924. The van der Waals surface area contributed by atoms with Crippen LogP contribution < -0.4 is 10.1 Å². The number of nitrogens with zero attached hydrogens (tertiary/aromatic N) is 1. The summed E-state index contributed by atoms with van der Waals surface area (Å²) < 4.78 is 11.7. The summed E-state index contributed by atoms with van der Waals surface area (Å²) in [6, 6.07) is 2.02. The third-order valence-corrected chi connectivity index (χ3v) is 3.59. The zero-order valence-corrected chi connectivity index (χ0v) is 13.7. The Morgan fingerprint density at radius 1 is 1.38 bits per heavy atom. The van der Waals surface area contributed by atoms with Crippen molar-refractivity contribution in [3.63, 3.8) is 0 Å². The molecule has 4 nitrogen and oxygen atoms in total. The molecule has 2 heterocycles. The maximum absolute atomic E-state index is 6.02. The molecule has 2 rings (SSSR count). The topological polar surface area (TPSA) is 43.4 Å². The Hall–Kier alpha value is -1.13. The Morgan fingerprint density at radius 2 is 2.19 bits per heavy atom. The van der Waals surface area contributed by atoms with E-state index >= 15 is 0 Å². The van der Waals surface area contributed by atoms with Gasteiger partial charge in [0.15, 0.2) is 0 Å². The van der Waals surface area contributed by atoms with E-state index < -0.39 is 0 Å². The maximum Gasteiger partial charge on any atom is 0.127 e. The molecule has 0 saturated carbocycles. The summed E-state index contributed by atoms with van der Waals surface area (Å²) in [5, 5.41) is 3.48. The highest BCUT2D eigenvalue weighted by molar-refractivity contribution is 5.33. The smallest absolute Gasteiger partial charge is 0.127 e. The number of nitrogens with one attached hydrogen (secondary N) is 1. The van der Waals surface area contributed by atoms with Crippen LogP contribution in [0, 0.1) is 6.92 Å². The van der Waals surface area contributed by atoms with Crippen molar-refractivity contribution in [2.24, 2.45) is 0 Å². The Balaban J connectivity index is 1.97. The second kappa shape index (κ2) is 7.23. The molecule has 0 bridgehead atoms. The molecule has 1 unspecified atom stereocenters. The summed E-state index contributed by atoms with van der Waals surface area (Å²) in [4.78, 5) is 4.38. The molecule has 21 heavy (non-hydrogen) atoms. The summed E-state index contributed by atoms with van der Waals surface area (Å²) in [6.45, 7) is 10.7. The van der Waals surface area contributed by atoms with Crippen LogP contribution in [0.5, 0.6) is 5.75 Å². The van der Waals surface area contributed by atoms with Gasteiger partial charge in [0.2, 0.25) is 0 Å². The molecule has 4 heteroatoms. The number of ether oxygens (including phenoxy) is 2. The van der Waals surface area contributed by atoms with E-state index in [1.54, 1.807) is 0 Å². The van der Waals surface area contributed by atoms with Crippen molar-refractivity contribution in [3.05, 3.63) is 23.5 Å². The van der Waals surface area contributed by atoms with Gasteiger partial charge in [0.05, 0.1) is 6.10 Å². The van der Waals surface area contributed by atoms with Gasteiger partial charge in [-0.3, -0.25) is 4.98 Å². The van der Waals surface area contributed by atoms with Crippen molar-refractivity contribution in [3.8, 4) is 5.75 Å². The Bertz CT molecular complexity index is 449. The van der Waals surface area contributed by atoms with E-state index in [0.29, 0.717) is 6.61 Å². The van der Waals surface area contributed by atoms with Crippen LogP contribution in [0.3, 0.4) is 0 Å². The second-order valence-corrected chi connectivity index (χ2v) is 6.84. The molecule has 1 aromatic heterocycles. The van der Waals surface area contributed by atoms with E-state index in [2.05, 4.69) is 31.1 Å². The fourth-order valence-electron chi connectivity index (χ4n) is 2.31. The molecule has 1 aliphatic heterocycles. The normalized spacial score (nSPS) is 19.5. The fraction of sp³-hybridized carbons (Fsp3) is 0.706. The molecule has 1 N–H and O–H groups in total. The third kappa shape index (κ3) is 5.64. The van der Waals surface area contributed by atoms with Crippen molar-refractivity contribution in [1.82, 2.24) is 10.3 Å². The van der Waals surface area contributed by atoms with Gasteiger partial charge in [0.25, 0.3) is 0 Å². The molecule has 0 aliphatic carbocycles. The van der Waals surface area contributed by atoms with Gasteiger partial charge in [-0.15, -0.1) is 0 Å². The molecule has 0 amide bonds. The van der Waals surface area contributed by atoms with E-state index in [9.17, 15) is 0 Å². The number of pyridine rings is 1. The van der Waals surface area contributed by atoms with Crippen molar-refractivity contribution < 1.29 is 9.47 Å². The number of hydrogen-bond acceptors (Lipinski definition) is 4. The summed E-state index contributed by atoms with van der Waals surface area (Å²) in [7, 11) is 0. The van der Waals surface area contributed by atoms with Crippen LogP contribution in [0.4, 0.5) is 0 Å². The lowest BCUT2D eigenvalue weighted by molar-refractivity contribution is -0.0113. The van der Waals surface area contributed by atoms with Gasteiger partial charge in [-0.05, 0) is 47.0 Å².